The molecule has 7 nitrogen and oxygen atoms in total. The average Bonchev–Trinajstić information content (AvgIpc) is 3.41. The van der Waals surface area contributed by atoms with Crippen LogP contribution >= 0.6 is 0 Å². The van der Waals surface area contributed by atoms with Crippen molar-refractivity contribution in [1.29, 1.82) is 0 Å². The number of nitrogens with one attached hydrogen (secondary N) is 2. The number of hydrogen-bond acceptors (Lipinski definition) is 4. The van der Waals surface area contributed by atoms with Crippen molar-refractivity contribution >= 4 is 29.9 Å². The van der Waals surface area contributed by atoms with Crippen LogP contribution in [0.5, 0.6) is 0 Å². The van der Waals surface area contributed by atoms with E-state index in [0.717, 1.165) is 55.3 Å². The van der Waals surface area contributed by atoms with Crippen LogP contribution in [0.1, 0.15) is 61.4 Å². The van der Waals surface area contributed by atoms with E-state index in [0.29, 0.717) is 12.1 Å². The second-order valence-corrected chi connectivity index (χ2v) is 19.3. The summed E-state index contributed by atoms with van der Waals surface area (Å²) < 4.78 is 37.2. The van der Waals surface area contributed by atoms with Gasteiger partial charge in [-0.2, -0.15) is 0 Å². The molecule has 2 aliphatic rings. The van der Waals surface area contributed by atoms with E-state index in [2.05, 4.69) is 25.1 Å². The number of amides is 2. The van der Waals surface area contributed by atoms with Crippen LogP contribution in [0.4, 0.5) is 14.9 Å². The third-order valence-corrected chi connectivity index (χ3v) is 16.0. The van der Waals surface area contributed by atoms with Crippen LogP contribution in [0.15, 0.2) is 27.7 Å². The van der Waals surface area contributed by atoms with Crippen molar-refractivity contribution in [3.8, 4) is 0 Å². The molecule has 0 saturated carbocycles. The van der Waals surface area contributed by atoms with Crippen LogP contribution in [0.2, 0.25) is 18.1 Å². The molecule has 1 aromatic carbocycles. The molecule has 1 atom stereocenters. The van der Waals surface area contributed by atoms with Gasteiger partial charge in [0.05, 0.1) is 0 Å². The normalized spacial score (nSPS) is 16.9. The molecule has 1 aromatic heterocycles. The van der Waals surface area contributed by atoms with Crippen molar-refractivity contribution in [3.05, 3.63) is 52.0 Å². The Labute approximate surface area is 222 Å². The van der Waals surface area contributed by atoms with E-state index < -0.39 is 30.0 Å². The molecule has 0 fully saturated rings. The number of aryl methyl sites for hydroxylation is 2. The van der Waals surface area contributed by atoms with E-state index in [1.54, 1.807) is 0 Å². The van der Waals surface area contributed by atoms with Gasteiger partial charge in [0.1, 0.15) is 8.24 Å². The Morgan fingerprint density at radius 3 is 2.22 bits per heavy atom. The van der Waals surface area contributed by atoms with Crippen molar-refractivity contribution < 1.29 is 13.4 Å². The molecule has 202 valence electrons. The number of aromatic nitrogens is 1. The van der Waals surface area contributed by atoms with Crippen LogP contribution < -0.4 is 9.70 Å². The van der Waals surface area contributed by atoms with E-state index in [1.165, 1.54) is 23.4 Å². The van der Waals surface area contributed by atoms with E-state index in [-0.39, 0.29) is 10.1 Å². The zero-order valence-electron chi connectivity index (χ0n) is 23.1. The van der Waals surface area contributed by atoms with Gasteiger partial charge >= 0.3 is 6.03 Å². The molecular formula is C27H40FN5O2SSi. The first-order chi connectivity index (χ1) is 17.2. The predicted octanol–water partition coefficient (Wildman–Crippen LogP) is 5.83. The fraction of sp³-hybridized carbons (Fsp3) is 0.556. The maximum atomic E-state index is 15.4. The van der Waals surface area contributed by atoms with Crippen molar-refractivity contribution in [2.75, 3.05) is 19.4 Å². The van der Waals surface area contributed by atoms with Crippen molar-refractivity contribution in [2.24, 2.45) is 4.36 Å². The van der Waals surface area contributed by atoms with Crippen LogP contribution in [-0.2, 0) is 42.1 Å². The summed E-state index contributed by atoms with van der Waals surface area (Å²) >= 11 is 0. The van der Waals surface area contributed by atoms with Gasteiger partial charge in [0.25, 0.3) is 0 Å². The number of carbonyl (C=O) groups is 1. The molecule has 0 bridgehead atoms. The molecule has 2 N–H and O–H groups in total. The second-order valence-electron chi connectivity index (χ2n) is 12.1. The molecule has 2 aromatic rings. The number of rotatable bonds is 6. The maximum Gasteiger partial charge on any atom is 0.354 e. The Morgan fingerprint density at radius 1 is 1.11 bits per heavy atom. The standard InChI is InChI=1S/C27H40FN5O2SSi/c1-27(2,3)37(6,7)32-36(35,25-23(28)14-18(16-29-25)17-33(4)5)31-26(34)30-24-21-12-8-10-19(21)15-20-11-9-13-22(20)24/h14-16H,8-13,17H2,1-7H3,(H2,30,31,32,34,35). The Balaban J connectivity index is 1.78. The summed E-state index contributed by atoms with van der Waals surface area (Å²) in [4.78, 5) is 19.6. The predicted molar refractivity (Wildman–Crippen MR) is 150 cm³/mol. The summed E-state index contributed by atoms with van der Waals surface area (Å²) in [6, 6.07) is 2.89. The zero-order chi connectivity index (χ0) is 27.2. The number of anilines is 1. The first-order valence-corrected chi connectivity index (χ1v) is 17.5. The maximum absolute atomic E-state index is 15.4. The quantitative estimate of drug-likeness (QED) is 0.447. The summed E-state index contributed by atoms with van der Waals surface area (Å²) in [6.07, 6.45) is 7.42. The van der Waals surface area contributed by atoms with Crippen LogP contribution in [0.25, 0.3) is 0 Å². The Kier molecular flexibility index (Phi) is 7.69. The smallest absolute Gasteiger partial charge is 0.305 e. The first-order valence-electron chi connectivity index (χ1n) is 13.0. The third kappa shape index (κ3) is 5.82. The van der Waals surface area contributed by atoms with Gasteiger partial charge in [-0.25, -0.2) is 22.8 Å². The lowest BCUT2D eigenvalue weighted by Gasteiger charge is -2.37. The number of hydrogen-bond donors (Lipinski definition) is 2. The highest BCUT2D eigenvalue weighted by atomic mass is 32.2. The summed E-state index contributed by atoms with van der Waals surface area (Å²) in [6.45, 7) is 10.7. The average molecular weight is 546 g/mol. The van der Waals surface area contributed by atoms with Gasteiger partial charge in [0, 0.05) is 18.4 Å². The summed E-state index contributed by atoms with van der Waals surface area (Å²) in [5.74, 6) is -0.728. The number of fused-ring (bicyclic) bond motifs is 2. The minimum atomic E-state index is -3.71. The van der Waals surface area contributed by atoms with Crippen molar-refractivity contribution in [2.45, 2.75) is 89.0 Å². The molecule has 0 spiro atoms. The number of urea groups is 1. The molecule has 1 unspecified atom stereocenters. The van der Waals surface area contributed by atoms with Crippen molar-refractivity contribution in [1.82, 2.24) is 14.3 Å². The second kappa shape index (κ2) is 10.2. The van der Waals surface area contributed by atoms with E-state index >= 15 is 4.39 Å². The van der Waals surface area contributed by atoms with E-state index in [9.17, 15) is 9.00 Å². The van der Waals surface area contributed by atoms with Crippen LogP contribution in [0, 0.1) is 5.82 Å². The molecule has 0 aliphatic heterocycles. The highest BCUT2D eigenvalue weighted by Crippen LogP contribution is 2.39. The molecule has 37 heavy (non-hydrogen) atoms. The topological polar surface area (TPSA) is 86.7 Å². The molecular weight excluding hydrogens is 505 g/mol. The number of benzene rings is 1. The minimum absolute atomic E-state index is 0.232. The monoisotopic (exact) mass is 545 g/mol. The van der Waals surface area contributed by atoms with Gasteiger partial charge in [-0.3, -0.25) is 0 Å². The summed E-state index contributed by atoms with van der Waals surface area (Å²) in [5, 5.41) is 2.43. The number of nitrogens with zero attached hydrogens (tertiary/aromatic N) is 3. The van der Waals surface area contributed by atoms with Gasteiger partial charge in [-0.15, -0.1) is 4.36 Å². The molecule has 4 rings (SSSR count). The van der Waals surface area contributed by atoms with E-state index in [4.69, 9.17) is 0 Å². The third-order valence-electron chi connectivity index (χ3n) is 7.81. The SMILES string of the molecule is CN(C)Cc1cnc(S(=O)(=NC(=O)Nc2c3c(cc4c2CCC4)CCC3)N[Si](C)(C)C(C)(C)C)c(F)c1. The van der Waals surface area contributed by atoms with Gasteiger partial charge in [-0.1, -0.05) is 39.9 Å². The lowest BCUT2D eigenvalue weighted by Crippen LogP contribution is -2.54. The van der Waals surface area contributed by atoms with Crippen LogP contribution in [-0.4, -0.2) is 42.5 Å². The fourth-order valence-corrected chi connectivity index (χ4v) is 10.4. The van der Waals surface area contributed by atoms with Gasteiger partial charge in [-0.05, 0) is 91.5 Å². The fourth-order valence-electron chi connectivity index (χ4n) is 4.95. The summed E-state index contributed by atoms with van der Waals surface area (Å²) in [7, 11) is -2.44. The molecule has 1 heterocycles. The lowest BCUT2D eigenvalue weighted by molar-refractivity contribution is 0.260. The molecule has 0 saturated heterocycles. The summed E-state index contributed by atoms with van der Waals surface area (Å²) in [5.41, 5.74) is 6.34. The number of halogens is 1. The largest absolute Gasteiger partial charge is 0.354 e. The Hall–Kier alpha value is -2.14. The first kappa shape index (κ1) is 27.9. The Morgan fingerprint density at radius 2 is 1.70 bits per heavy atom. The molecule has 2 amide bonds. The van der Waals surface area contributed by atoms with Gasteiger partial charge in [0.15, 0.2) is 20.8 Å². The minimum Gasteiger partial charge on any atom is -0.305 e. The molecule has 2 aliphatic carbocycles. The highest BCUT2D eigenvalue weighted by molar-refractivity contribution is 7.93. The number of pyridine rings is 1. The number of carbonyl (C=O) groups excluding carboxylic acids is 1. The molecule has 0 radical (unpaired) electrons. The molecule has 10 heteroatoms. The highest BCUT2D eigenvalue weighted by Gasteiger charge is 2.40. The zero-order valence-corrected chi connectivity index (χ0v) is 24.9. The van der Waals surface area contributed by atoms with Gasteiger partial charge in [0.2, 0.25) is 0 Å². The van der Waals surface area contributed by atoms with Crippen molar-refractivity contribution in [3.63, 3.8) is 0 Å². The van der Waals surface area contributed by atoms with Crippen LogP contribution in [0.3, 0.4) is 0 Å². The Bertz CT molecular complexity index is 1310. The van der Waals surface area contributed by atoms with Gasteiger partial charge < -0.3 is 10.2 Å². The van der Waals surface area contributed by atoms with E-state index in [1.807, 2.05) is 52.9 Å². The lowest BCUT2D eigenvalue weighted by atomic mass is 9.99.